The van der Waals surface area contributed by atoms with E-state index in [4.69, 9.17) is 4.74 Å². The Morgan fingerprint density at radius 1 is 1.35 bits per heavy atom. The van der Waals surface area contributed by atoms with Crippen molar-refractivity contribution in [3.8, 4) is 0 Å². The number of ether oxygens (including phenoxy) is 1. The van der Waals surface area contributed by atoms with Crippen LogP contribution in [0.15, 0.2) is 24.3 Å². The predicted molar refractivity (Wildman–Crippen MR) is 88.0 cm³/mol. The number of benzene rings is 1. The maximum absolute atomic E-state index is 11.6. The van der Waals surface area contributed by atoms with Crippen molar-refractivity contribution in [2.75, 3.05) is 32.8 Å². The highest BCUT2D eigenvalue weighted by atomic mass is 16.5. The number of aliphatic hydroxyl groups is 1. The Labute approximate surface area is 137 Å². The second-order valence-electron chi connectivity index (χ2n) is 6.67. The molecule has 1 heterocycles. The smallest absolute Gasteiger partial charge is 0.246 e. The second kappa shape index (κ2) is 7.90. The third-order valence-electron chi connectivity index (χ3n) is 4.50. The molecule has 0 saturated heterocycles. The van der Waals surface area contributed by atoms with Crippen LogP contribution in [0.2, 0.25) is 0 Å². The predicted octanol–water partition coefficient (Wildman–Crippen LogP) is 0.948. The van der Waals surface area contributed by atoms with Crippen LogP contribution in [0, 0.1) is 5.92 Å². The molecule has 3 rings (SSSR count). The van der Waals surface area contributed by atoms with E-state index in [2.05, 4.69) is 34.5 Å². The maximum Gasteiger partial charge on any atom is 0.246 e. The second-order valence-corrected chi connectivity index (χ2v) is 6.67. The van der Waals surface area contributed by atoms with E-state index >= 15 is 0 Å². The van der Waals surface area contributed by atoms with E-state index in [1.165, 1.54) is 24.0 Å². The molecule has 1 atom stereocenters. The fraction of sp³-hybridized carbons (Fsp3) is 0.611. The zero-order chi connectivity index (χ0) is 16.1. The van der Waals surface area contributed by atoms with Crippen LogP contribution in [0.1, 0.15) is 24.0 Å². The molecule has 0 bridgehead atoms. The zero-order valence-corrected chi connectivity index (χ0v) is 13.5. The Bertz CT molecular complexity index is 531. The van der Waals surface area contributed by atoms with Gasteiger partial charge in [-0.2, -0.15) is 0 Å². The topological polar surface area (TPSA) is 61.8 Å². The molecule has 23 heavy (non-hydrogen) atoms. The molecule has 1 aromatic carbocycles. The van der Waals surface area contributed by atoms with Crippen molar-refractivity contribution in [1.82, 2.24) is 10.2 Å². The van der Waals surface area contributed by atoms with Gasteiger partial charge in [0.15, 0.2) is 0 Å². The number of β-amino-alcohol motifs (C(OH)–C–C–N with tert-alkyl or cyclic N) is 1. The van der Waals surface area contributed by atoms with Crippen molar-refractivity contribution < 1.29 is 14.6 Å². The Morgan fingerprint density at radius 2 is 2.13 bits per heavy atom. The third-order valence-corrected chi connectivity index (χ3v) is 4.50. The Morgan fingerprint density at radius 3 is 2.91 bits per heavy atom. The van der Waals surface area contributed by atoms with Crippen molar-refractivity contribution >= 4 is 5.91 Å². The van der Waals surface area contributed by atoms with Crippen molar-refractivity contribution in [3.05, 3.63) is 35.4 Å². The van der Waals surface area contributed by atoms with Gasteiger partial charge < -0.3 is 15.2 Å². The molecule has 0 radical (unpaired) electrons. The zero-order valence-electron chi connectivity index (χ0n) is 13.5. The van der Waals surface area contributed by atoms with Crippen molar-refractivity contribution in [2.45, 2.75) is 31.9 Å². The van der Waals surface area contributed by atoms with Gasteiger partial charge in [0.2, 0.25) is 5.91 Å². The minimum absolute atomic E-state index is 0.0975. The number of fused-ring (bicyclic) bond motifs is 1. The largest absolute Gasteiger partial charge is 0.390 e. The fourth-order valence-electron chi connectivity index (χ4n) is 2.96. The Balaban J connectivity index is 1.33. The molecular weight excluding hydrogens is 292 g/mol. The molecule has 2 N–H and O–H groups in total. The number of nitrogens with zero attached hydrogens (tertiary/aromatic N) is 1. The summed E-state index contributed by atoms with van der Waals surface area (Å²) in [5.74, 6) is 0.518. The molecule has 1 unspecified atom stereocenters. The molecule has 0 aromatic heterocycles. The van der Waals surface area contributed by atoms with Gasteiger partial charge in [-0.25, -0.2) is 0 Å². The van der Waals surface area contributed by atoms with Crippen LogP contribution in [0.25, 0.3) is 0 Å². The average Bonchev–Trinajstić information content (AvgIpc) is 3.37. The number of aliphatic hydroxyl groups excluding tert-OH is 1. The molecule has 1 aliphatic heterocycles. The lowest BCUT2D eigenvalue weighted by Crippen LogP contribution is -2.42. The van der Waals surface area contributed by atoms with Gasteiger partial charge in [-0.3, -0.25) is 9.69 Å². The molecule has 5 nitrogen and oxygen atoms in total. The van der Waals surface area contributed by atoms with E-state index in [1.807, 2.05) is 0 Å². The number of hydrogen-bond donors (Lipinski definition) is 2. The summed E-state index contributed by atoms with van der Waals surface area (Å²) < 4.78 is 5.34. The summed E-state index contributed by atoms with van der Waals surface area (Å²) >= 11 is 0. The summed E-state index contributed by atoms with van der Waals surface area (Å²) in [6.07, 6.45) is 2.91. The maximum atomic E-state index is 11.6. The summed E-state index contributed by atoms with van der Waals surface area (Å²) in [4.78, 5) is 13.9. The number of amides is 1. The van der Waals surface area contributed by atoms with Gasteiger partial charge in [-0.1, -0.05) is 24.3 Å². The van der Waals surface area contributed by atoms with Gasteiger partial charge in [0.25, 0.3) is 0 Å². The van der Waals surface area contributed by atoms with Gasteiger partial charge in [0, 0.05) is 26.2 Å². The highest BCUT2D eigenvalue weighted by molar-refractivity contribution is 5.77. The van der Waals surface area contributed by atoms with Crippen LogP contribution in [0.5, 0.6) is 0 Å². The first-order valence-electron chi connectivity index (χ1n) is 8.52. The molecular formula is C18H26N2O3. The minimum Gasteiger partial charge on any atom is -0.390 e. The average molecular weight is 318 g/mol. The highest BCUT2D eigenvalue weighted by Crippen LogP contribution is 2.28. The lowest BCUT2D eigenvalue weighted by Gasteiger charge is -2.30. The quantitative estimate of drug-likeness (QED) is 0.749. The molecule has 1 fully saturated rings. The summed E-state index contributed by atoms with van der Waals surface area (Å²) in [6.45, 7) is 3.46. The Hall–Kier alpha value is -1.43. The first-order valence-corrected chi connectivity index (χ1v) is 8.52. The standard InChI is InChI=1S/C18H26N2O3/c21-17(9-19-18(22)13-23-12-14-5-6-14)11-20-8-7-15-3-1-2-4-16(15)10-20/h1-4,14,17,21H,5-13H2,(H,19,22). The van der Waals surface area contributed by atoms with Crippen molar-refractivity contribution in [3.63, 3.8) is 0 Å². The van der Waals surface area contributed by atoms with Gasteiger partial charge in [0.05, 0.1) is 12.7 Å². The van der Waals surface area contributed by atoms with E-state index < -0.39 is 6.10 Å². The van der Waals surface area contributed by atoms with E-state index in [-0.39, 0.29) is 19.1 Å². The van der Waals surface area contributed by atoms with Crippen LogP contribution in [0.4, 0.5) is 0 Å². The number of rotatable bonds is 8. The fourth-order valence-corrected chi connectivity index (χ4v) is 2.96. The third kappa shape index (κ3) is 5.30. The van der Waals surface area contributed by atoms with Crippen LogP contribution < -0.4 is 5.32 Å². The minimum atomic E-state index is -0.548. The molecule has 2 aliphatic rings. The molecule has 0 spiro atoms. The van der Waals surface area contributed by atoms with Gasteiger partial charge in [0.1, 0.15) is 6.61 Å². The van der Waals surface area contributed by atoms with E-state index in [0.717, 1.165) is 19.5 Å². The monoisotopic (exact) mass is 318 g/mol. The van der Waals surface area contributed by atoms with E-state index in [9.17, 15) is 9.90 Å². The number of carbonyl (C=O) groups excluding carboxylic acids is 1. The van der Waals surface area contributed by atoms with Crippen molar-refractivity contribution in [2.24, 2.45) is 5.92 Å². The summed E-state index contributed by atoms with van der Waals surface area (Å²) in [7, 11) is 0. The van der Waals surface area contributed by atoms with E-state index in [1.54, 1.807) is 0 Å². The van der Waals surface area contributed by atoms with Crippen molar-refractivity contribution in [1.29, 1.82) is 0 Å². The molecule has 1 aromatic rings. The first kappa shape index (κ1) is 16.4. The normalized spacial score (nSPS) is 19.2. The van der Waals surface area contributed by atoms with Crippen LogP contribution >= 0.6 is 0 Å². The summed E-state index contributed by atoms with van der Waals surface area (Å²) in [5.41, 5.74) is 2.74. The molecule has 1 aliphatic carbocycles. The lowest BCUT2D eigenvalue weighted by molar-refractivity contribution is -0.126. The van der Waals surface area contributed by atoms with Crippen LogP contribution in [-0.4, -0.2) is 54.9 Å². The number of hydrogen-bond acceptors (Lipinski definition) is 4. The van der Waals surface area contributed by atoms with Gasteiger partial charge >= 0.3 is 0 Å². The molecule has 126 valence electrons. The molecule has 5 heteroatoms. The first-order chi connectivity index (χ1) is 11.2. The van der Waals surface area contributed by atoms with E-state index in [0.29, 0.717) is 19.1 Å². The van der Waals surface area contributed by atoms with Gasteiger partial charge in [-0.05, 0) is 36.3 Å². The lowest BCUT2D eigenvalue weighted by atomic mass is 10.00. The molecule has 1 saturated carbocycles. The van der Waals surface area contributed by atoms with Gasteiger partial charge in [-0.15, -0.1) is 0 Å². The SMILES string of the molecule is O=C(COCC1CC1)NCC(O)CN1CCc2ccccc2C1. The molecule has 1 amide bonds. The highest BCUT2D eigenvalue weighted by Gasteiger charge is 2.22. The van der Waals surface area contributed by atoms with Crippen LogP contribution in [0.3, 0.4) is 0 Å². The van der Waals surface area contributed by atoms with Crippen LogP contribution in [-0.2, 0) is 22.5 Å². The Kier molecular flexibility index (Phi) is 5.65. The summed E-state index contributed by atoms with van der Waals surface area (Å²) in [5, 5.41) is 12.9. The number of carbonyl (C=O) groups is 1. The number of nitrogens with one attached hydrogen (secondary N) is 1. The summed E-state index contributed by atoms with van der Waals surface area (Å²) in [6, 6.07) is 8.45.